The molecule has 0 aliphatic heterocycles. The van der Waals surface area contributed by atoms with Crippen molar-refractivity contribution in [2.24, 2.45) is 5.92 Å². The monoisotopic (exact) mass is 398 g/mol. The molecular weight excluding hydrogens is 368 g/mol. The summed E-state index contributed by atoms with van der Waals surface area (Å²) < 4.78 is 10.9. The molecule has 0 saturated carbocycles. The largest absolute Gasteiger partial charge is 0.497 e. The van der Waals surface area contributed by atoms with Gasteiger partial charge >= 0.3 is 0 Å². The Morgan fingerprint density at radius 1 is 1.03 bits per heavy atom. The lowest BCUT2D eigenvalue weighted by atomic mass is 10.0. The molecule has 29 heavy (non-hydrogen) atoms. The number of rotatable bonds is 10. The second-order valence-electron chi connectivity index (χ2n) is 7.36. The maximum Gasteiger partial charge on any atom is 0.222 e. The van der Waals surface area contributed by atoms with E-state index in [0.717, 1.165) is 22.6 Å². The molecule has 0 spiro atoms. The van der Waals surface area contributed by atoms with Gasteiger partial charge in [-0.05, 0) is 41.3 Å². The molecule has 1 atom stereocenters. The highest BCUT2D eigenvalue weighted by molar-refractivity contribution is 5.79. The zero-order valence-corrected chi connectivity index (χ0v) is 17.5. The van der Waals surface area contributed by atoms with Crippen LogP contribution in [0.25, 0.3) is 0 Å². The average molecular weight is 399 g/mol. The van der Waals surface area contributed by atoms with Crippen LogP contribution in [-0.4, -0.2) is 25.5 Å². The van der Waals surface area contributed by atoms with E-state index in [2.05, 4.69) is 24.5 Å². The van der Waals surface area contributed by atoms with Crippen LogP contribution in [0, 0.1) is 5.92 Å². The molecule has 2 amide bonds. The summed E-state index contributed by atoms with van der Waals surface area (Å²) in [5.41, 5.74) is 1.81. The van der Waals surface area contributed by atoms with Crippen molar-refractivity contribution >= 4 is 11.8 Å². The van der Waals surface area contributed by atoms with Crippen LogP contribution < -0.4 is 20.1 Å². The average Bonchev–Trinajstić information content (AvgIpc) is 2.70. The Kier molecular flexibility index (Phi) is 8.52. The van der Waals surface area contributed by atoms with Crippen LogP contribution in [0.4, 0.5) is 0 Å². The number of nitrogens with one attached hydrogen (secondary N) is 2. The molecule has 0 fully saturated rings. The SMILES string of the molecule is COc1ccc(C(CC(=O)NCc2cccc(OCC(C)C)c2)NC(C)=O)cc1. The Morgan fingerprint density at radius 2 is 1.76 bits per heavy atom. The van der Waals surface area contributed by atoms with Crippen LogP contribution in [0.15, 0.2) is 48.5 Å². The highest BCUT2D eigenvalue weighted by Gasteiger charge is 2.17. The van der Waals surface area contributed by atoms with Gasteiger partial charge < -0.3 is 20.1 Å². The van der Waals surface area contributed by atoms with E-state index in [-0.39, 0.29) is 18.2 Å². The first-order valence-electron chi connectivity index (χ1n) is 9.77. The van der Waals surface area contributed by atoms with Crippen LogP contribution in [0.2, 0.25) is 0 Å². The number of amides is 2. The zero-order chi connectivity index (χ0) is 21.2. The van der Waals surface area contributed by atoms with Crippen molar-refractivity contribution in [2.75, 3.05) is 13.7 Å². The summed E-state index contributed by atoms with van der Waals surface area (Å²) in [5, 5.41) is 5.76. The Morgan fingerprint density at radius 3 is 2.38 bits per heavy atom. The minimum absolute atomic E-state index is 0.145. The minimum atomic E-state index is -0.404. The van der Waals surface area contributed by atoms with E-state index < -0.39 is 6.04 Å². The van der Waals surface area contributed by atoms with Crippen LogP contribution >= 0.6 is 0 Å². The van der Waals surface area contributed by atoms with Gasteiger partial charge in [0.05, 0.1) is 26.2 Å². The number of ether oxygens (including phenoxy) is 2. The van der Waals surface area contributed by atoms with Gasteiger partial charge in [0.1, 0.15) is 11.5 Å². The van der Waals surface area contributed by atoms with Gasteiger partial charge in [-0.1, -0.05) is 38.1 Å². The van der Waals surface area contributed by atoms with Gasteiger partial charge in [-0.15, -0.1) is 0 Å². The second kappa shape index (κ2) is 11.1. The molecule has 2 aromatic rings. The van der Waals surface area contributed by atoms with E-state index in [1.165, 1.54) is 6.92 Å². The smallest absolute Gasteiger partial charge is 0.222 e. The Balaban J connectivity index is 1.95. The predicted molar refractivity (Wildman–Crippen MR) is 113 cm³/mol. The van der Waals surface area contributed by atoms with E-state index in [1.54, 1.807) is 7.11 Å². The van der Waals surface area contributed by atoms with Crippen LogP contribution in [0.5, 0.6) is 11.5 Å². The molecule has 0 radical (unpaired) electrons. The van der Waals surface area contributed by atoms with E-state index in [4.69, 9.17) is 9.47 Å². The fraction of sp³-hybridized carbons (Fsp3) is 0.391. The Labute approximate surface area is 172 Å². The number of benzene rings is 2. The van der Waals surface area contributed by atoms with Crippen LogP contribution in [0.1, 0.15) is 44.4 Å². The number of hydrogen-bond acceptors (Lipinski definition) is 4. The summed E-state index contributed by atoms with van der Waals surface area (Å²) in [6.45, 7) is 6.68. The van der Waals surface area contributed by atoms with Crippen molar-refractivity contribution in [3.05, 3.63) is 59.7 Å². The summed E-state index contributed by atoms with van der Waals surface area (Å²) in [6, 6.07) is 14.6. The fourth-order valence-corrected chi connectivity index (χ4v) is 2.80. The molecular formula is C23H30N2O4. The second-order valence-corrected chi connectivity index (χ2v) is 7.36. The Bertz CT molecular complexity index is 803. The maximum atomic E-state index is 12.5. The summed E-state index contributed by atoms with van der Waals surface area (Å²) in [4.78, 5) is 24.1. The molecule has 156 valence electrons. The van der Waals surface area contributed by atoms with Gasteiger partial charge in [-0.2, -0.15) is 0 Å². The third kappa shape index (κ3) is 7.86. The van der Waals surface area contributed by atoms with Gasteiger partial charge in [0, 0.05) is 13.5 Å². The Hall–Kier alpha value is -3.02. The molecule has 2 aromatic carbocycles. The van der Waals surface area contributed by atoms with E-state index in [0.29, 0.717) is 19.1 Å². The van der Waals surface area contributed by atoms with Crippen LogP contribution in [-0.2, 0) is 16.1 Å². The molecule has 1 unspecified atom stereocenters. The van der Waals surface area contributed by atoms with Gasteiger partial charge in [-0.3, -0.25) is 9.59 Å². The van der Waals surface area contributed by atoms with E-state index in [1.807, 2.05) is 48.5 Å². The van der Waals surface area contributed by atoms with Crippen molar-refractivity contribution < 1.29 is 19.1 Å². The van der Waals surface area contributed by atoms with Gasteiger partial charge in [0.25, 0.3) is 0 Å². The molecule has 0 aliphatic carbocycles. The topological polar surface area (TPSA) is 76.7 Å². The van der Waals surface area contributed by atoms with Crippen molar-refractivity contribution in [1.29, 1.82) is 0 Å². The quantitative estimate of drug-likeness (QED) is 0.641. The molecule has 0 bridgehead atoms. The number of carbonyl (C=O) groups excluding carboxylic acids is 2. The molecule has 6 heteroatoms. The van der Waals surface area contributed by atoms with Crippen molar-refractivity contribution in [2.45, 2.75) is 39.8 Å². The highest BCUT2D eigenvalue weighted by atomic mass is 16.5. The standard InChI is InChI=1S/C23H30N2O4/c1-16(2)15-29-21-7-5-6-18(12-21)14-24-23(27)13-22(25-17(3)26)19-8-10-20(28-4)11-9-19/h5-12,16,22H,13-15H2,1-4H3,(H,24,27)(H,25,26). The molecule has 6 nitrogen and oxygen atoms in total. The summed E-state index contributed by atoms with van der Waals surface area (Å²) in [7, 11) is 1.59. The zero-order valence-electron chi connectivity index (χ0n) is 17.5. The lowest BCUT2D eigenvalue weighted by molar-refractivity contribution is -0.122. The first-order valence-corrected chi connectivity index (χ1v) is 9.77. The number of carbonyl (C=O) groups is 2. The molecule has 0 heterocycles. The van der Waals surface area contributed by atoms with E-state index in [9.17, 15) is 9.59 Å². The summed E-state index contributed by atoms with van der Waals surface area (Å²) in [5.74, 6) is 1.63. The molecule has 0 aliphatic rings. The maximum absolute atomic E-state index is 12.5. The lowest BCUT2D eigenvalue weighted by Crippen LogP contribution is -2.32. The predicted octanol–water partition coefficient (Wildman–Crippen LogP) is 3.61. The number of methoxy groups -OCH3 is 1. The third-order valence-corrected chi connectivity index (χ3v) is 4.26. The van der Waals surface area contributed by atoms with Gasteiger partial charge in [0.15, 0.2) is 0 Å². The normalized spacial score (nSPS) is 11.6. The van der Waals surface area contributed by atoms with Gasteiger partial charge in [0.2, 0.25) is 11.8 Å². The van der Waals surface area contributed by atoms with Gasteiger partial charge in [-0.25, -0.2) is 0 Å². The summed E-state index contributed by atoms with van der Waals surface area (Å²) >= 11 is 0. The van der Waals surface area contributed by atoms with Crippen molar-refractivity contribution in [1.82, 2.24) is 10.6 Å². The molecule has 0 saturated heterocycles. The van der Waals surface area contributed by atoms with Crippen LogP contribution in [0.3, 0.4) is 0 Å². The molecule has 0 aromatic heterocycles. The summed E-state index contributed by atoms with van der Waals surface area (Å²) in [6.07, 6.45) is 0.148. The van der Waals surface area contributed by atoms with Crippen molar-refractivity contribution in [3.8, 4) is 11.5 Å². The lowest BCUT2D eigenvalue weighted by Gasteiger charge is -2.18. The minimum Gasteiger partial charge on any atom is -0.497 e. The number of hydrogen-bond donors (Lipinski definition) is 2. The first kappa shape index (κ1) is 22.3. The molecule has 2 rings (SSSR count). The molecule has 2 N–H and O–H groups in total. The van der Waals surface area contributed by atoms with Crippen molar-refractivity contribution in [3.63, 3.8) is 0 Å². The van der Waals surface area contributed by atoms with E-state index >= 15 is 0 Å². The highest BCUT2D eigenvalue weighted by Crippen LogP contribution is 2.21. The first-order chi connectivity index (χ1) is 13.9. The third-order valence-electron chi connectivity index (χ3n) is 4.26. The fourth-order valence-electron chi connectivity index (χ4n) is 2.80.